The number of carbonyl (C=O) groups is 1. The van der Waals surface area contributed by atoms with Crippen molar-refractivity contribution < 1.29 is 9.90 Å². The summed E-state index contributed by atoms with van der Waals surface area (Å²) in [6.07, 6.45) is 6.71. The first-order chi connectivity index (χ1) is 10.2. The van der Waals surface area contributed by atoms with Crippen LogP contribution in [-0.4, -0.2) is 54.9 Å². The Balaban J connectivity index is 1.61. The zero-order valence-corrected chi connectivity index (χ0v) is 13.3. The summed E-state index contributed by atoms with van der Waals surface area (Å²) in [6.45, 7) is 6.71. The maximum absolute atomic E-state index is 12.0. The second kappa shape index (κ2) is 8.59. The molecule has 2 atom stereocenters. The molecule has 5 nitrogen and oxygen atoms in total. The molecule has 3 N–H and O–H groups in total. The van der Waals surface area contributed by atoms with E-state index in [4.69, 9.17) is 0 Å². The van der Waals surface area contributed by atoms with Gasteiger partial charge in [0, 0.05) is 25.1 Å². The number of likely N-dealkylation sites (tertiary alicyclic amines) is 1. The van der Waals surface area contributed by atoms with Gasteiger partial charge in [-0.05, 0) is 57.7 Å². The van der Waals surface area contributed by atoms with Crippen molar-refractivity contribution in [1.82, 2.24) is 15.5 Å². The van der Waals surface area contributed by atoms with E-state index in [0.29, 0.717) is 5.92 Å². The van der Waals surface area contributed by atoms with Gasteiger partial charge in [-0.1, -0.05) is 13.3 Å². The predicted octanol–water partition coefficient (Wildman–Crippen LogP) is 1.57. The molecule has 0 radical (unpaired) electrons. The van der Waals surface area contributed by atoms with Crippen LogP contribution in [0.25, 0.3) is 0 Å². The number of aliphatic hydroxyl groups excluding tert-OH is 1. The number of aliphatic hydroxyl groups is 1. The van der Waals surface area contributed by atoms with Gasteiger partial charge in [0.15, 0.2) is 0 Å². The molecular formula is C16H31N3O2. The molecule has 2 fully saturated rings. The third kappa shape index (κ3) is 5.15. The Morgan fingerprint density at radius 3 is 2.67 bits per heavy atom. The molecule has 0 aromatic heterocycles. The van der Waals surface area contributed by atoms with Crippen molar-refractivity contribution in [2.45, 2.75) is 51.5 Å². The summed E-state index contributed by atoms with van der Waals surface area (Å²) in [5, 5.41) is 15.3. The van der Waals surface area contributed by atoms with Gasteiger partial charge in [0.25, 0.3) is 0 Å². The van der Waals surface area contributed by atoms with E-state index in [0.717, 1.165) is 38.9 Å². The second-order valence-electron chi connectivity index (χ2n) is 6.62. The van der Waals surface area contributed by atoms with Crippen LogP contribution in [0.15, 0.2) is 0 Å². The fourth-order valence-electron chi connectivity index (χ4n) is 3.63. The number of hydrogen-bond acceptors (Lipinski definition) is 3. The van der Waals surface area contributed by atoms with Gasteiger partial charge in [0.2, 0.25) is 0 Å². The van der Waals surface area contributed by atoms with Crippen molar-refractivity contribution in [1.29, 1.82) is 0 Å². The molecule has 21 heavy (non-hydrogen) atoms. The lowest BCUT2D eigenvalue weighted by Gasteiger charge is -2.31. The Hall–Kier alpha value is -0.810. The van der Waals surface area contributed by atoms with Crippen LogP contribution in [-0.2, 0) is 0 Å². The number of carbonyl (C=O) groups excluding carboxylic acids is 1. The molecule has 1 heterocycles. The zero-order chi connectivity index (χ0) is 15.1. The van der Waals surface area contributed by atoms with Gasteiger partial charge in [-0.2, -0.15) is 0 Å². The number of hydrogen-bond donors (Lipinski definition) is 3. The van der Waals surface area contributed by atoms with Gasteiger partial charge < -0.3 is 20.6 Å². The van der Waals surface area contributed by atoms with Crippen molar-refractivity contribution in [3.05, 3.63) is 0 Å². The lowest BCUT2D eigenvalue weighted by Crippen LogP contribution is -2.46. The summed E-state index contributed by atoms with van der Waals surface area (Å²) >= 11 is 0. The summed E-state index contributed by atoms with van der Waals surface area (Å²) in [5.41, 5.74) is 0. The monoisotopic (exact) mass is 297 g/mol. The van der Waals surface area contributed by atoms with Crippen molar-refractivity contribution in [2.24, 2.45) is 11.8 Å². The third-order valence-electron chi connectivity index (χ3n) is 5.01. The first kappa shape index (κ1) is 16.6. The second-order valence-corrected chi connectivity index (χ2v) is 6.62. The lowest BCUT2D eigenvalue weighted by molar-refractivity contribution is 0.179. The summed E-state index contributed by atoms with van der Waals surface area (Å²) in [6, 6.07) is 0.0951. The molecule has 1 aliphatic heterocycles. The highest BCUT2D eigenvalue weighted by atomic mass is 16.3. The average molecular weight is 297 g/mol. The topological polar surface area (TPSA) is 64.6 Å². The van der Waals surface area contributed by atoms with Crippen molar-refractivity contribution in [3.8, 4) is 0 Å². The van der Waals surface area contributed by atoms with Crippen LogP contribution in [0.5, 0.6) is 0 Å². The highest BCUT2D eigenvalue weighted by Crippen LogP contribution is 2.24. The van der Waals surface area contributed by atoms with Crippen LogP contribution < -0.4 is 10.6 Å². The largest absolute Gasteiger partial charge is 0.396 e. The van der Waals surface area contributed by atoms with Gasteiger partial charge in [-0.3, -0.25) is 0 Å². The first-order valence-corrected chi connectivity index (χ1v) is 8.60. The van der Waals surface area contributed by atoms with E-state index in [1.54, 1.807) is 0 Å². The summed E-state index contributed by atoms with van der Waals surface area (Å²) < 4.78 is 0. The van der Waals surface area contributed by atoms with E-state index < -0.39 is 0 Å². The zero-order valence-electron chi connectivity index (χ0n) is 13.3. The molecule has 2 unspecified atom stereocenters. The van der Waals surface area contributed by atoms with E-state index in [-0.39, 0.29) is 24.6 Å². The van der Waals surface area contributed by atoms with Crippen LogP contribution in [0.2, 0.25) is 0 Å². The SMILES string of the molecule is CCCN1CCC(CNC(=O)NC2CCCC2CO)CC1. The van der Waals surface area contributed by atoms with Crippen molar-refractivity contribution in [2.75, 3.05) is 32.8 Å². The summed E-state index contributed by atoms with van der Waals surface area (Å²) in [4.78, 5) is 14.5. The Morgan fingerprint density at radius 2 is 2.00 bits per heavy atom. The molecule has 122 valence electrons. The minimum absolute atomic E-state index is 0.0589. The number of nitrogens with zero attached hydrogens (tertiary/aromatic N) is 1. The predicted molar refractivity (Wildman–Crippen MR) is 84.2 cm³/mol. The average Bonchev–Trinajstić information content (AvgIpc) is 2.94. The van der Waals surface area contributed by atoms with Gasteiger partial charge in [0.05, 0.1) is 0 Å². The van der Waals surface area contributed by atoms with Gasteiger partial charge in [-0.15, -0.1) is 0 Å². The molecule has 2 aliphatic rings. The van der Waals surface area contributed by atoms with Crippen LogP contribution in [0.4, 0.5) is 4.79 Å². The van der Waals surface area contributed by atoms with E-state index >= 15 is 0 Å². The van der Waals surface area contributed by atoms with Gasteiger partial charge in [0.1, 0.15) is 0 Å². The molecule has 2 rings (SSSR count). The standard InChI is InChI=1S/C16H31N3O2/c1-2-8-19-9-6-13(7-10-19)11-17-16(21)18-15-5-3-4-14(15)12-20/h13-15,20H,2-12H2,1H3,(H2,17,18,21). The molecule has 0 aromatic carbocycles. The highest BCUT2D eigenvalue weighted by Gasteiger charge is 2.28. The summed E-state index contributed by atoms with van der Waals surface area (Å²) in [7, 11) is 0. The molecule has 0 spiro atoms. The molecular weight excluding hydrogens is 266 g/mol. The Kier molecular flexibility index (Phi) is 6.77. The number of nitrogens with one attached hydrogen (secondary N) is 2. The van der Waals surface area contributed by atoms with Crippen LogP contribution in [0.1, 0.15) is 45.4 Å². The molecule has 1 aliphatic carbocycles. The normalized spacial score (nSPS) is 27.7. The molecule has 1 saturated heterocycles. The number of amides is 2. The fraction of sp³-hybridized carbons (Fsp3) is 0.938. The van der Waals surface area contributed by atoms with Crippen LogP contribution >= 0.6 is 0 Å². The molecule has 5 heteroatoms. The minimum Gasteiger partial charge on any atom is -0.396 e. The number of rotatable bonds is 6. The van der Waals surface area contributed by atoms with E-state index in [1.807, 2.05) is 0 Å². The third-order valence-corrected chi connectivity index (χ3v) is 5.01. The molecule has 0 aromatic rings. The number of urea groups is 1. The molecule has 1 saturated carbocycles. The highest BCUT2D eigenvalue weighted by molar-refractivity contribution is 5.74. The molecule has 2 amide bonds. The Labute approximate surface area is 128 Å². The number of piperidine rings is 1. The van der Waals surface area contributed by atoms with Gasteiger partial charge >= 0.3 is 6.03 Å². The van der Waals surface area contributed by atoms with Crippen molar-refractivity contribution >= 4 is 6.03 Å². The van der Waals surface area contributed by atoms with Crippen molar-refractivity contribution in [3.63, 3.8) is 0 Å². The first-order valence-electron chi connectivity index (χ1n) is 8.60. The molecule has 0 bridgehead atoms. The quantitative estimate of drug-likeness (QED) is 0.697. The van der Waals surface area contributed by atoms with E-state index in [2.05, 4.69) is 22.5 Å². The maximum atomic E-state index is 12.0. The van der Waals surface area contributed by atoms with Crippen LogP contribution in [0.3, 0.4) is 0 Å². The maximum Gasteiger partial charge on any atom is 0.315 e. The minimum atomic E-state index is -0.0589. The van der Waals surface area contributed by atoms with Gasteiger partial charge in [-0.25, -0.2) is 4.79 Å². The lowest BCUT2D eigenvalue weighted by atomic mass is 9.97. The van der Waals surface area contributed by atoms with Crippen LogP contribution in [0, 0.1) is 11.8 Å². The Morgan fingerprint density at radius 1 is 1.24 bits per heavy atom. The smallest absolute Gasteiger partial charge is 0.315 e. The van der Waals surface area contributed by atoms with E-state index in [9.17, 15) is 9.90 Å². The fourth-order valence-corrected chi connectivity index (χ4v) is 3.63. The summed E-state index contributed by atoms with van der Waals surface area (Å²) in [5.74, 6) is 0.856. The Bertz CT molecular complexity index is 317. The van der Waals surface area contributed by atoms with E-state index in [1.165, 1.54) is 25.8 Å².